The van der Waals surface area contributed by atoms with Crippen molar-refractivity contribution >= 4 is 18.5 Å². The standard InChI is InChI=1S/C6H13N3O3.C5H10O2/c7-4(5(10)11)2-1-3-9-6(8)12;1-5(2,3)7-4-6/h4H,1-3,7H2,(H,10,11)(H3,8,9,12);4H,1-3H3/t4-;/m0./s1. The lowest BCUT2D eigenvalue weighted by Gasteiger charge is -2.14. The van der Waals surface area contributed by atoms with E-state index in [-0.39, 0.29) is 5.60 Å². The third-order valence-corrected chi connectivity index (χ3v) is 1.71. The van der Waals surface area contributed by atoms with Gasteiger partial charge < -0.3 is 26.6 Å². The zero-order valence-corrected chi connectivity index (χ0v) is 11.5. The first-order chi connectivity index (χ1) is 8.60. The monoisotopic (exact) mass is 277 g/mol. The first-order valence-electron chi connectivity index (χ1n) is 5.73. The Morgan fingerprint density at radius 2 is 1.95 bits per heavy atom. The summed E-state index contributed by atoms with van der Waals surface area (Å²) in [5.74, 6) is -1.03. The van der Waals surface area contributed by atoms with E-state index in [0.29, 0.717) is 25.9 Å². The highest BCUT2D eigenvalue weighted by Crippen LogP contribution is 2.02. The summed E-state index contributed by atoms with van der Waals surface area (Å²) in [6.07, 6.45) is 0.839. The van der Waals surface area contributed by atoms with Crippen LogP contribution in [0.3, 0.4) is 0 Å². The number of carboxylic acids is 1. The van der Waals surface area contributed by atoms with Gasteiger partial charge in [-0.2, -0.15) is 0 Å². The molecule has 112 valence electrons. The van der Waals surface area contributed by atoms with Crippen molar-refractivity contribution in [1.29, 1.82) is 0 Å². The molecule has 0 aliphatic carbocycles. The molecule has 0 aliphatic heterocycles. The number of amides is 2. The second-order valence-electron chi connectivity index (χ2n) is 4.70. The quantitative estimate of drug-likeness (QED) is 0.391. The number of ether oxygens (including phenoxy) is 1. The summed E-state index contributed by atoms with van der Waals surface area (Å²) in [4.78, 5) is 29.9. The van der Waals surface area contributed by atoms with Gasteiger partial charge in [-0.05, 0) is 33.6 Å². The Morgan fingerprint density at radius 1 is 1.42 bits per heavy atom. The second kappa shape index (κ2) is 10.1. The summed E-state index contributed by atoms with van der Waals surface area (Å²) >= 11 is 0. The number of hydrogen-bond acceptors (Lipinski definition) is 5. The van der Waals surface area contributed by atoms with Gasteiger partial charge in [0.15, 0.2) is 0 Å². The van der Waals surface area contributed by atoms with E-state index in [1.807, 2.05) is 20.8 Å². The van der Waals surface area contributed by atoms with Crippen molar-refractivity contribution in [3.8, 4) is 0 Å². The number of nitrogens with two attached hydrogens (primary N) is 2. The fourth-order valence-corrected chi connectivity index (χ4v) is 0.801. The molecule has 0 fully saturated rings. The number of carbonyl (C=O) groups is 3. The molecule has 0 rings (SSSR count). The Balaban J connectivity index is 0. The fraction of sp³-hybridized carbons (Fsp3) is 0.727. The molecule has 0 heterocycles. The first-order valence-corrected chi connectivity index (χ1v) is 5.73. The molecule has 8 nitrogen and oxygen atoms in total. The Morgan fingerprint density at radius 3 is 2.21 bits per heavy atom. The molecule has 19 heavy (non-hydrogen) atoms. The van der Waals surface area contributed by atoms with E-state index < -0.39 is 18.0 Å². The summed E-state index contributed by atoms with van der Waals surface area (Å²) in [6.45, 7) is 6.28. The third kappa shape index (κ3) is 18.7. The summed E-state index contributed by atoms with van der Waals surface area (Å²) in [6, 6.07) is -1.47. The maximum absolute atomic E-state index is 10.2. The summed E-state index contributed by atoms with van der Waals surface area (Å²) in [7, 11) is 0. The van der Waals surface area contributed by atoms with Crippen LogP contribution < -0.4 is 16.8 Å². The van der Waals surface area contributed by atoms with E-state index in [9.17, 15) is 14.4 Å². The third-order valence-electron chi connectivity index (χ3n) is 1.71. The molecule has 0 bridgehead atoms. The predicted molar refractivity (Wildman–Crippen MR) is 69.3 cm³/mol. The van der Waals surface area contributed by atoms with Crippen molar-refractivity contribution in [3.63, 3.8) is 0 Å². The SMILES string of the molecule is CC(C)(C)OC=O.NC(=O)NCCC[C@H](N)C(=O)O. The van der Waals surface area contributed by atoms with Gasteiger partial charge >= 0.3 is 12.0 Å². The van der Waals surface area contributed by atoms with Crippen LogP contribution in [0.5, 0.6) is 0 Å². The van der Waals surface area contributed by atoms with E-state index in [1.54, 1.807) is 0 Å². The average Bonchev–Trinajstić information content (AvgIpc) is 2.22. The Hall–Kier alpha value is -1.83. The van der Waals surface area contributed by atoms with Gasteiger partial charge in [-0.25, -0.2) is 4.79 Å². The maximum atomic E-state index is 10.2. The molecule has 0 aromatic heterocycles. The zero-order valence-electron chi connectivity index (χ0n) is 11.5. The van der Waals surface area contributed by atoms with E-state index in [4.69, 9.17) is 16.6 Å². The summed E-state index contributed by atoms with van der Waals surface area (Å²) in [5, 5.41) is 10.7. The summed E-state index contributed by atoms with van der Waals surface area (Å²) < 4.78 is 4.55. The molecule has 0 radical (unpaired) electrons. The molecular weight excluding hydrogens is 254 g/mol. The normalized spacial score (nSPS) is 11.6. The number of nitrogens with one attached hydrogen (secondary N) is 1. The molecule has 0 unspecified atom stereocenters. The minimum atomic E-state index is -1.03. The van der Waals surface area contributed by atoms with Crippen LogP contribution in [-0.4, -0.2) is 41.8 Å². The van der Waals surface area contributed by atoms with Gasteiger partial charge in [0.05, 0.1) is 0 Å². The van der Waals surface area contributed by atoms with E-state index in [2.05, 4.69) is 10.1 Å². The van der Waals surface area contributed by atoms with Gasteiger partial charge in [-0.1, -0.05) is 0 Å². The van der Waals surface area contributed by atoms with Gasteiger partial charge in [0.2, 0.25) is 0 Å². The highest BCUT2D eigenvalue weighted by molar-refractivity contribution is 5.73. The van der Waals surface area contributed by atoms with Gasteiger partial charge in [-0.3, -0.25) is 9.59 Å². The van der Waals surface area contributed by atoms with Crippen molar-refractivity contribution in [2.45, 2.75) is 45.3 Å². The summed E-state index contributed by atoms with van der Waals surface area (Å²) in [5.41, 5.74) is 9.64. The molecule has 0 saturated carbocycles. The molecule has 6 N–H and O–H groups in total. The van der Waals surface area contributed by atoms with Gasteiger partial charge in [-0.15, -0.1) is 0 Å². The molecular formula is C11H23N3O5. The molecule has 0 spiro atoms. The lowest BCUT2D eigenvalue weighted by atomic mass is 10.2. The number of aliphatic carboxylic acids is 1. The van der Waals surface area contributed by atoms with E-state index in [0.717, 1.165) is 0 Å². The van der Waals surface area contributed by atoms with Crippen LogP contribution in [0, 0.1) is 0 Å². The van der Waals surface area contributed by atoms with Gasteiger partial charge in [0.1, 0.15) is 11.6 Å². The number of urea groups is 1. The second-order valence-corrected chi connectivity index (χ2v) is 4.70. The fourth-order valence-electron chi connectivity index (χ4n) is 0.801. The smallest absolute Gasteiger partial charge is 0.320 e. The lowest BCUT2D eigenvalue weighted by Crippen LogP contribution is -2.33. The largest absolute Gasteiger partial charge is 0.480 e. The molecule has 0 aliphatic rings. The predicted octanol–water partition coefficient (Wildman–Crippen LogP) is -0.195. The van der Waals surface area contributed by atoms with Crippen LogP contribution in [0.2, 0.25) is 0 Å². The highest BCUT2D eigenvalue weighted by atomic mass is 16.5. The molecule has 1 atom stereocenters. The first kappa shape index (κ1) is 19.5. The maximum Gasteiger partial charge on any atom is 0.320 e. The number of rotatable bonds is 6. The van der Waals surface area contributed by atoms with Gasteiger partial charge in [0.25, 0.3) is 6.47 Å². The Labute approximate surface area is 112 Å². The molecule has 8 heteroatoms. The number of carbonyl (C=O) groups excluding carboxylic acids is 2. The van der Waals surface area contributed by atoms with Crippen LogP contribution in [0.4, 0.5) is 4.79 Å². The van der Waals surface area contributed by atoms with E-state index in [1.165, 1.54) is 0 Å². The van der Waals surface area contributed by atoms with Crippen molar-refractivity contribution in [2.75, 3.05) is 6.54 Å². The molecule has 0 aromatic rings. The average molecular weight is 277 g/mol. The molecule has 2 amide bonds. The number of hydrogen-bond donors (Lipinski definition) is 4. The van der Waals surface area contributed by atoms with Crippen LogP contribution in [0.1, 0.15) is 33.6 Å². The number of carboxylic acid groups (broad SMARTS) is 1. The van der Waals surface area contributed by atoms with Gasteiger partial charge in [0, 0.05) is 6.54 Å². The highest BCUT2D eigenvalue weighted by Gasteiger charge is 2.09. The zero-order chi connectivity index (χ0) is 15.5. The van der Waals surface area contributed by atoms with Crippen molar-refractivity contribution in [3.05, 3.63) is 0 Å². The van der Waals surface area contributed by atoms with Crippen LogP contribution >= 0.6 is 0 Å². The van der Waals surface area contributed by atoms with Crippen LogP contribution in [0.15, 0.2) is 0 Å². The van der Waals surface area contributed by atoms with Crippen molar-refractivity contribution in [2.24, 2.45) is 11.5 Å². The van der Waals surface area contributed by atoms with Crippen molar-refractivity contribution in [1.82, 2.24) is 5.32 Å². The van der Waals surface area contributed by atoms with Crippen molar-refractivity contribution < 1.29 is 24.2 Å². The van der Waals surface area contributed by atoms with E-state index >= 15 is 0 Å². The number of primary amides is 1. The minimum Gasteiger partial charge on any atom is -0.480 e. The Bertz CT molecular complexity index is 289. The minimum absolute atomic E-state index is 0.318. The Kier molecular flexibility index (Phi) is 10.4. The van der Waals surface area contributed by atoms with Crippen LogP contribution in [0.25, 0.3) is 0 Å². The topological polar surface area (TPSA) is 145 Å². The molecule has 0 saturated heterocycles. The van der Waals surface area contributed by atoms with Crippen LogP contribution in [-0.2, 0) is 14.3 Å². The lowest BCUT2D eigenvalue weighted by molar-refractivity contribution is -0.139. The molecule has 0 aromatic carbocycles.